The van der Waals surface area contributed by atoms with Gasteiger partial charge in [-0.2, -0.15) is 0 Å². The van der Waals surface area contributed by atoms with Gasteiger partial charge >= 0.3 is 0 Å². The summed E-state index contributed by atoms with van der Waals surface area (Å²) in [5.41, 5.74) is 11.6. The number of carbonyl (C=O) groups is 2. The summed E-state index contributed by atoms with van der Waals surface area (Å²) in [6, 6.07) is 12.4. The van der Waals surface area contributed by atoms with E-state index in [1.165, 1.54) is 31.4 Å². The Bertz CT molecular complexity index is 992. The third kappa shape index (κ3) is 4.83. The number of nitrogens with one attached hydrogen (secondary N) is 4. The average molecular weight is 419 g/mol. The molecule has 0 bridgehead atoms. The molecule has 1 aliphatic heterocycles. The van der Waals surface area contributed by atoms with Gasteiger partial charge in [-0.1, -0.05) is 0 Å². The monoisotopic (exact) mass is 419 g/mol. The fourth-order valence-corrected chi connectivity index (χ4v) is 4.32. The maximum Gasteiger partial charge on any atom is 0.250 e. The molecule has 11 heteroatoms. The van der Waals surface area contributed by atoms with E-state index >= 15 is 0 Å². The zero-order chi connectivity index (χ0) is 21.0. The van der Waals surface area contributed by atoms with Crippen LogP contribution in [-0.2, 0) is 14.8 Å². The fourth-order valence-electron chi connectivity index (χ4n) is 2.84. The lowest BCUT2D eigenvalue weighted by atomic mass is 10.1. The molecule has 10 nitrogen and oxygen atoms in total. The van der Waals surface area contributed by atoms with Gasteiger partial charge in [0.05, 0.1) is 13.0 Å². The van der Waals surface area contributed by atoms with E-state index in [0.717, 1.165) is 0 Å². The van der Waals surface area contributed by atoms with Crippen LogP contribution in [0.25, 0.3) is 0 Å². The molecule has 0 spiro atoms. The van der Waals surface area contributed by atoms with Crippen molar-refractivity contribution < 1.29 is 22.7 Å². The lowest BCUT2D eigenvalue weighted by molar-refractivity contribution is -0.119. The third-order valence-electron chi connectivity index (χ3n) is 4.39. The molecular formula is C18H21N5O5S. The van der Waals surface area contributed by atoms with E-state index in [1.54, 1.807) is 24.3 Å². The summed E-state index contributed by atoms with van der Waals surface area (Å²) < 4.78 is 33.0. The number of anilines is 2. The highest BCUT2D eigenvalue weighted by molar-refractivity contribution is 7.93. The topological polar surface area (TPSA) is 152 Å². The van der Waals surface area contributed by atoms with E-state index < -0.39 is 33.1 Å². The second kappa shape index (κ2) is 8.47. The predicted octanol–water partition coefficient (Wildman–Crippen LogP) is 0.225. The van der Waals surface area contributed by atoms with Crippen LogP contribution in [0.3, 0.4) is 0 Å². The second-order valence-corrected chi connectivity index (χ2v) is 8.16. The van der Waals surface area contributed by atoms with E-state index in [9.17, 15) is 18.0 Å². The van der Waals surface area contributed by atoms with Gasteiger partial charge in [0.2, 0.25) is 11.8 Å². The van der Waals surface area contributed by atoms with Crippen LogP contribution in [-0.4, -0.2) is 39.3 Å². The molecule has 29 heavy (non-hydrogen) atoms. The van der Waals surface area contributed by atoms with E-state index in [4.69, 9.17) is 10.5 Å². The average Bonchev–Trinajstić information content (AvgIpc) is 3.20. The summed E-state index contributed by atoms with van der Waals surface area (Å²) in [5.74, 6) is -1.36. The van der Waals surface area contributed by atoms with Crippen LogP contribution in [0.15, 0.2) is 48.5 Å². The van der Waals surface area contributed by atoms with Crippen molar-refractivity contribution in [2.75, 3.05) is 23.7 Å². The Balaban J connectivity index is 1.70. The Labute approximate surface area is 167 Å². The van der Waals surface area contributed by atoms with Crippen LogP contribution in [0, 0.1) is 5.92 Å². The number of ether oxygens (including phenoxy) is 1. The molecule has 1 heterocycles. The number of sulfonamides is 1. The first-order valence-electron chi connectivity index (χ1n) is 8.65. The van der Waals surface area contributed by atoms with E-state index in [-0.39, 0.29) is 6.54 Å². The molecule has 2 aromatic carbocycles. The quantitative estimate of drug-likeness (QED) is 0.431. The molecule has 0 saturated carbocycles. The Hall–Kier alpha value is -3.15. The molecule has 2 aromatic rings. The number of amides is 2. The predicted molar refractivity (Wildman–Crippen MR) is 108 cm³/mol. The minimum atomic E-state index is -3.92. The minimum absolute atomic E-state index is 0.124. The number of primary amides is 1. The van der Waals surface area contributed by atoms with Crippen molar-refractivity contribution in [3.05, 3.63) is 54.1 Å². The number of rotatable bonds is 7. The molecule has 2 atom stereocenters. The number of hydrogen-bond acceptors (Lipinski definition) is 7. The molecule has 0 aliphatic carbocycles. The van der Waals surface area contributed by atoms with Gasteiger partial charge in [0.15, 0.2) is 5.37 Å². The molecular weight excluding hydrogens is 398 g/mol. The van der Waals surface area contributed by atoms with Crippen molar-refractivity contribution in [2.24, 2.45) is 11.7 Å². The summed E-state index contributed by atoms with van der Waals surface area (Å²) >= 11 is 0. The van der Waals surface area contributed by atoms with Crippen LogP contribution in [0.1, 0.15) is 10.4 Å². The highest BCUT2D eigenvalue weighted by atomic mass is 32.2. The van der Waals surface area contributed by atoms with Crippen molar-refractivity contribution in [2.45, 2.75) is 5.37 Å². The first kappa shape index (κ1) is 20.6. The van der Waals surface area contributed by atoms with Crippen molar-refractivity contribution in [3.63, 3.8) is 0 Å². The lowest BCUT2D eigenvalue weighted by Gasteiger charge is -2.19. The molecule has 0 aromatic heterocycles. The Kier molecular flexibility index (Phi) is 6.01. The van der Waals surface area contributed by atoms with Crippen LogP contribution in [0.4, 0.5) is 11.4 Å². The molecule has 154 valence electrons. The molecule has 1 saturated heterocycles. The first-order chi connectivity index (χ1) is 13.8. The minimum Gasteiger partial charge on any atom is -0.497 e. The number of nitrogens with two attached hydrogens (primary N) is 1. The number of methoxy groups -OCH3 is 1. The normalized spacial score (nSPS) is 18.8. The smallest absolute Gasteiger partial charge is 0.250 e. The zero-order valence-electron chi connectivity index (χ0n) is 15.5. The highest BCUT2D eigenvalue weighted by Gasteiger charge is 2.41. The van der Waals surface area contributed by atoms with Crippen molar-refractivity contribution in [3.8, 4) is 5.75 Å². The molecule has 2 unspecified atom stereocenters. The molecule has 3 rings (SSSR count). The summed E-state index contributed by atoms with van der Waals surface area (Å²) in [6.07, 6.45) is 0. The van der Waals surface area contributed by atoms with Crippen LogP contribution >= 0.6 is 0 Å². The summed E-state index contributed by atoms with van der Waals surface area (Å²) in [6.45, 7) is 0.124. The zero-order valence-corrected chi connectivity index (χ0v) is 16.3. The lowest BCUT2D eigenvalue weighted by Crippen LogP contribution is -2.45. The van der Waals surface area contributed by atoms with Gasteiger partial charge in [-0.05, 0) is 48.5 Å². The van der Waals surface area contributed by atoms with E-state index in [1.807, 2.05) is 0 Å². The molecule has 6 N–H and O–H groups in total. The Morgan fingerprint density at radius 3 is 2.28 bits per heavy atom. The largest absolute Gasteiger partial charge is 0.497 e. The van der Waals surface area contributed by atoms with Gasteiger partial charge in [0.1, 0.15) is 5.75 Å². The van der Waals surface area contributed by atoms with Gasteiger partial charge in [-0.3, -0.25) is 19.7 Å². The highest BCUT2D eigenvalue weighted by Crippen LogP contribution is 2.22. The van der Waals surface area contributed by atoms with Gasteiger partial charge < -0.3 is 15.8 Å². The third-order valence-corrected chi connectivity index (χ3v) is 6.03. The van der Waals surface area contributed by atoms with Crippen molar-refractivity contribution >= 4 is 33.2 Å². The van der Waals surface area contributed by atoms with E-state index in [0.29, 0.717) is 22.7 Å². The number of hydrogen-bond donors (Lipinski definition) is 5. The Morgan fingerprint density at radius 1 is 1.07 bits per heavy atom. The van der Waals surface area contributed by atoms with Crippen LogP contribution in [0.5, 0.6) is 5.75 Å². The molecule has 1 aliphatic rings. The van der Waals surface area contributed by atoms with Gasteiger partial charge in [-0.15, -0.1) is 0 Å². The summed E-state index contributed by atoms with van der Waals surface area (Å²) in [5, 5.41) is 1.47. The summed E-state index contributed by atoms with van der Waals surface area (Å²) in [4.78, 5) is 23.8. The maximum atomic E-state index is 12.8. The van der Waals surface area contributed by atoms with Gasteiger partial charge in [-0.25, -0.2) is 13.8 Å². The Morgan fingerprint density at radius 2 is 1.69 bits per heavy atom. The SMILES string of the molecule is COc1ccc(NS(=O)(=O)C2NNCC2C(=O)Nc2ccc(C(N)=O)cc2)cc1. The molecule has 1 fully saturated rings. The maximum absolute atomic E-state index is 12.8. The van der Waals surface area contributed by atoms with Crippen LogP contribution < -0.4 is 31.4 Å². The summed E-state index contributed by atoms with van der Waals surface area (Å²) in [7, 11) is -2.41. The number of carbonyl (C=O) groups excluding carboxylic acids is 2. The van der Waals surface area contributed by atoms with Crippen molar-refractivity contribution in [1.82, 2.24) is 10.9 Å². The van der Waals surface area contributed by atoms with Crippen molar-refractivity contribution in [1.29, 1.82) is 0 Å². The fraction of sp³-hybridized carbons (Fsp3) is 0.222. The molecule has 0 radical (unpaired) electrons. The molecule has 2 amide bonds. The van der Waals surface area contributed by atoms with Gasteiger partial charge in [0, 0.05) is 23.5 Å². The van der Waals surface area contributed by atoms with E-state index in [2.05, 4.69) is 20.9 Å². The second-order valence-electron chi connectivity index (χ2n) is 6.36. The first-order valence-corrected chi connectivity index (χ1v) is 10.2. The van der Waals surface area contributed by atoms with Gasteiger partial charge in [0.25, 0.3) is 10.0 Å². The number of hydrazine groups is 1. The van der Waals surface area contributed by atoms with Crippen LogP contribution in [0.2, 0.25) is 0 Å². The standard InChI is InChI=1S/C18H21N5O5S/c1-28-14-8-6-13(7-9-14)23-29(26,27)18-15(10-20-22-18)17(25)21-12-4-2-11(3-5-12)16(19)24/h2-9,15,18,20,22-23H,10H2,1H3,(H2,19,24)(H,21,25). The number of benzene rings is 2.